The fraction of sp³-hybridized carbons (Fsp3) is 0.333. The first-order valence-corrected chi connectivity index (χ1v) is 10.6. The van der Waals surface area contributed by atoms with Crippen molar-refractivity contribution in [2.75, 3.05) is 26.3 Å². The predicted molar refractivity (Wildman–Crippen MR) is 119 cm³/mol. The minimum atomic E-state index is -0.329. The Bertz CT molecular complexity index is 982. The van der Waals surface area contributed by atoms with E-state index < -0.39 is 0 Å². The quantitative estimate of drug-likeness (QED) is 0.618. The maximum absolute atomic E-state index is 12.8. The predicted octanol–water partition coefficient (Wildman–Crippen LogP) is 2.84. The van der Waals surface area contributed by atoms with Crippen molar-refractivity contribution in [2.45, 2.75) is 19.1 Å². The first-order chi connectivity index (χ1) is 15.2. The van der Waals surface area contributed by atoms with Crippen molar-refractivity contribution < 1.29 is 9.53 Å². The van der Waals surface area contributed by atoms with Crippen LogP contribution in [0.5, 0.6) is 0 Å². The summed E-state index contributed by atoms with van der Waals surface area (Å²) in [5.74, 6) is 0.786. The SMILES string of the molecule is Cn1ccnc1C(NC(=O)NCc1ccccc1CN1CCOCC1)c1ccccc1. The van der Waals surface area contributed by atoms with E-state index in [0.29, 0.717) is 6.54 Å². The number of aromatic nitrogens is 2. The van der Waals surface area contributed by atoms with Gasteiger partial charge in [0.25, 0.3) is 0 Å². The molecule has 7 heteroatoms. The zero-order valence-electron chi connectivity index (χ0n) is 17.8. The van der Waals surface area contributed by atoms with Crippen LogP contribution in [0.15, 0.2) is 67.0 Å². The molecule has 2 heterocycles. The number of nitrogens with one attached hydrogen (secondary N) is 2. The van der Waals surface area contributed by atoms with Gasteiger partial charge in [0.05, 0.1) is 13.2 Å². The number of carbonyl (C=O) groups is 1. The van der Waals surface area contributed by atoms with Gasteiger partial charge < -0.3 is 19.9 Å². The summed E-state index contributed by atoms with van der Waals surface area (Å²) in [6.07, 6.45) is 3.62. The molecule has 0 aliphatic carbocycles. The Balaban J connectivity index is 1.42. The summed E-state index contributed by atoms with van der Waals surface area (Å²) in [7, 11) is 1.93. The zero-order chi connectivity index (χ0) is 21.5. The van der Waals surface area contributed by atoms with E-state index in [4.69, 9.17) is 4.74 Å². The lowest BCUT2D eigenvalue weighted by Crippen LogP contribution is -2.39. The van der Waals surface area contributed by atoms with E-state index >= 15 is 0 Å². The number of benzene rings is 2. The Kier molecular flexibility index (Phi) is 6.96. The number of hydrogen-bond donors (Lipinski definition) is 2. The van der Waals surface area contributed by atoms with Gasteiger partial charge in [-0.05, 0) is 16.7 Å². The Morgan fingerprint density at radius 1 is 1.06 bits per heavy atom. The van der Waals surface area contributed by atoms with Gasteiger partial charge in [0.15, 0.2) is 0 Å². The van der Waals surface area contributed by atoms with Crippen LogP contribution in [0.3, 0.4) is 0 Å². The molecule has 0 saturated carbocycles. The van der Waals surface area contributed by atoms with E-state index in [1.165, 1.54) is 5.56 Å². The molecule has 1 aromatic heterocycles. The van der Waals surface area contributed by atoms with Crippen molar-refractivity contribution in [1.29, 1.82) is 0 Å². The highest BCUT2D eigenvalue weighted by Gasteiger charge is 2.20. The molecule has 2 aromatic carbocycles. The minimum absolute atomic E-state index is 0.224. The van der Waals surface area contributed by atoms with Crippen LogP contribution in [0.1, 0.15) is 28.6 Å². The molecular formula is C24H29N5O2. The van der Waals surface area contributed by atoms with Crippen molar-refractivity contribution in [3.05, 3.63) is 89.5 Å². The van der Waals surface area contributed by atoms with E-state index in [1.807, 2.05) is 60.3 Å². The number of ether oxygens (including phenoxy) is 1. The largest absolute Gasteiger partial charge is 0.379 e. The van der Waals surface area contributed by atoms with Crippen molar-refractivity contribution in [1.82, 2.24) is 25.1 Å². The van der Waals surface area contributed by atoms with Crippen LogP contribution in [-0.4, -0.2) is 46.8 Å². The van der Waals surface area contributed by atoms with Crippen LogP contribution in [0.4, 0.5) is 4.79 Å². The highest BCUT2D eigenvalue weighted by atomic mass is 16.5. The van der Waals surface area contributed by atoms with Crippen molar-refractivity contribution in [3.8, 4) is 0 Å². The van der Waals surface area contributed by atoms with Crippen LogP contribution >= 0.6 is 0 Å². The molecule has 31 heavy (non-hydrogen) atoms. The average molecular weight is 420 g/mol. The molecule has 1 fully saturated rings. The molecule has 2 amide bonds. The number of rotatable bonds is 7. The van der Waals surface area contributed by atoms with Crippen molar-refractivity contribution in [2.24, 2.45) is 7.05 Å². The van der Waals surface area contributed by atoms with E-state index in [9.17, 15) is 4.79 Å². The number of amides is 2. The molecule has 4 rings (SSSR count). The van der Waals surface area contributed by atoms with Gasteiger partial charge in [-0.15, -0.1) is 0 Å². The molecule has 1 atom stereocenters. The second-order valence-electron chi connectivity index (χ2n) is 7.72. The summed E-state index contributed by atoms with van der Waals surface area (Å²) in [6, 6.07) is 17.6. The summed E-state index contributed by atoms with van der Waals surface area (Å²) in [6.45, 7) is 4.75. The van der Waals surface area contributed by atoms with Gasteiger partial charge in [0, 0.05) is 45.6 Å². The number of morpholine rings is 1. The van der Waals surface area contributed by atoms with Crippen molar-refractivity contribution >= 4 is 6.03 Å². The first-order valence-electron chi connectivity index (χ1n) is 10.6. The maximum Gasteiger partial charge on any atom is 0.315 e. The monoisotopic (exact) mass is 419 g/mol. The fourth-order valence-electron chi connectivity index (χ4n) is 3.84. The molecule has 0 spiro atoms. The highest BCUT2D eigenvalue weighted by Crippen LogP contribution is 2.20. The number of hydrogen-bond acceptors (Lipinski definition) is 4. The van der Waals surface area contributed by atoms with E-state index in [1.54, 1.807) is 6.20 Å². The minimum Gasteiger partial charge on any atom is -0.379 e. The summed E-state index contributed by atoms with van der Waals surface area (Å²) in [5.41, 5.74) is 3.34. The number of nitrogens with zero attached hydrogens (tertiary/aromatic N) is 3. The number of carbonyl (C=O) groups excluding carboxylic acids is 1. The summed E-state index contributed by atoms with van der Waals surface area (Å²) in [5, 5.41) is 6.12. The van der Waals surface area contributed by atoms with E-state index in [0.717, 1.165) is 49.8 Å². The topological polar surface area (TPSA) is 71.4 Å². The Labute approximate surface area is 183 Å². The summed E-state index contributed by atoms with van der Waals surface area (Å²) in [4.78, 5) is 19.7. The smallest absolute Gasteiger partial charge is 0.315 e. The molecule has 1 saturated heterocycles. The Morgan fingerprint density at radius 3 is 2.48 bits per heavy atom. The first kappa shape index (κ1) is 21.1. The number of urea groups is 1. The second-order valence-corrected chi connectivity index (χ2v) is 7.72. The van der Waals surface area contributed by atoms with Crippen LogP contribution in [0.2, 0.25) is 0 Å². The lowest BCUT2D eigenvalue weighted by atomic mass is 10.1. The third kappa shape index (κ3) is 5.51. The maximum atomic E-state index is 12.8. The van der Waals surface area contributed by atoms with E-state index in [2.05, 4.69) is 32.7 Å². The molecule has 0 bridgehead atoms. The molecule has 1 aliphatic rings. The third-order valence-electron chi connectivity index (χ3n) is 5.58. The van der Waals surface area contributed by atoms with Gasteiger partial charge in [-0.3, -0.25) is 4.90 Å². The third-order valence-corrected chi connectivity index (χ3v) is 5.58. The van der Waals surface area contributed by atoms with Crippen molar-refractivity contribution in [3.63, 3.8) is 0 Å². The van der Waals surface area contributed by atoms with Crippen LogP contribution in [0, 0.1) is 0 Å². The van der Waals surface area contributed by atoms with Gasteiger partial charge in [0.2, 0.25) is 0 Å². The Morgan fingerprint density at radius 2 is 1.77 bits per heavy atom. The molecule has 7 nitrogen and oxygen atoms in total. The molecule has 0 radical (unpaired) electrons. The van der Waals surface area contributed by atoms with Gasteiger partial charge in [-0.25, -0.2) is 9.78 Å². The average Bonchev–Trinajstić information content (AvgIpc) is 3.23. The van der Waals surface area contributed by atoms with Crippen LogP contribution < -0.4 is 10.6 Å². The Hall–Kier alpha value is -3.16. The molecule has 2 N–H and O–H groups in total. The zero-order valence-corrected chi connectivity index (χ0v) is 17.8. The second kappa shape index (κ2) is 10.2. The van der Waals surface area contributed by atoms with Gasteiger partial charge in [-0.2, -0.15) is 0 Å². The lowest BCUT2D eigenvalue weighted by molar-refractivity contribution is 0.0341. The fourth-order valence-corrected chi connectivity index (χ4v) is 3.84. The normalized spacial score (nSPS) is 15.4. The van der Waals surface area contributed by atoms with Gasteiger partial charge in [0.1, 0.15) is 11.9 Å². The number of aryl methyl sites for hydroxylation is 1. The summed E-state index contributed by atoms with van der Waals surface area (Å²) < 4.78 is 7.37. The molecule has 3 aromatic rings. The molecule has 1 unspecified atom stereocenters. The standard InChI is InChI=1S/C24H29N5O2/c1-28-12-11-25-23(28)22(19-7-3-2-4-8-19)27-24(30)26-17-20-9-5-6-10-21(20)18-29-13-15-31-16-14-29/h2-12,22H,13-18H2,1H3,(H2,26,27,30). The molecule has 1 aliphatic heterocycles. The summed E-state index contributed by atoms with van der Waals surface area (Å²) >= 11 is 0. The highest BCUT2D eigenvalue weighted by molar-refractivity contribution is 5.75. The lowest BCUT2D eigenvalue weighted by Gasteiger charge is -2.27. The van der Waals surface area contributed by atoms with Gasteiger partial charge in [-0.1, -0.05) is 54.6 Å². The van der Waals surface area contributed by atoms with Crippen LogP contribution in [-0.2, 0) is 24.9 Å². The van der Waals surface area contributed by atoms with Gasteiger partial charge >= 0.3 is 6.03 Å². The van der Waals surface area contributed by atoms with Crippen LogP contribution in [0.25, 0.3) is 0 Å². The molecule has 162 valence electrons. The number of imidazole rings is 1. The molecular weight excluding hydrogens is 390 g/mol. The van der Waals surface area contributed by atoms with E-state index in [-0.39, 0.29) is 12.1 Å².